The van der Waals surface area contributed by atoms with Gasteiger partial charge in [0.1, 0.15) is 0 Å². The number of alkyl halides is 1. The van der Waals surface area contributed by atoms with E-state index < -0.39 is 0 Å². The molecule has 0 heterocycles. The van der Waals surface area contributed by atoms with E-state index in [0.717, 1.165) is 37.6 Å². The lowest BCUT2D eigenvalue weighted by Gasteiger charge is -2.05. The van der Waals surface area contributed by atoms with Gasteiger partial charge in [-0.25, -0.2) is 0 Å². The van der Waals surface area contributed by atoms with Crippen LogP contribution in [0.15, 0.2) is 0 Å². The third kappa shape index (κ3) is 14.0. The normalized spacial score (nSPS) is 10.6. The van der Waals surface area contributed by atoms with E-state index in [1.54, 1.807) is 0 Å². The highest BCUT2D eigenvalue weighted by atomic mass is 79.9. The molecule has 0 amide bonds. The molecule has 0 radical (unpaired) electrons. The van der Waals surface area contributed by atoms with Gasteiger partial charge in [0.15, 0.2) is 0 Å². The van der Waals surface area contributed by atoms with Crippen molar-refractivity contribution in [1.29, 1.82) is 0 Å². The predicted octanol–water partition coefficient (Wildman–Crippen LogP) is 4.08. The Morgan fingerprint density at radius 3 is 2.39 bits per heavy atom. The fraction of sp³-hybridized carbons (Fsp3) is 0.929. The van der Waals surface area contributed by atoms with Gasteiger partial charge in [-0.2, -0.15) is 0 Å². The summed E-state index contributed by atoms with van der Waals surface area (Å²) in [5.74, 6) is -0.0980. The van der Waals surface area contributed by atoms with Gasteiger partial charge in [0.2, 0.25) is 0 Å². The zero-order valence-corrected chi connectivity index (χ0v) is 13.2. The number of rotatable bonds is 13. The Morgan fingerprint density at radius 2 is 1.67 bits per heavy atom. The fourth-order valence-electron chi connectivity index (χ4n) is 1.51. The van der Waals surface area contributed by atoms with E-state index in [4.69, 9.17) is 9.47 Å². The maximum atomic E-state index is 11.3. The first-order chi connectivity index (χ1) is 8.81. The predicted molar refractivity (Wildman–Crippen MR) is 78.2 cm³/mol. The van der Waals surface area contributed by atoms with Gasteiger partial charge in [0.25, 0.3) is 0 Å². The van der Waals surface area contributed by atoms with Crippen molar-refractivity contribution in [3.63, 3.8) is 0 Å². The van der Waals surface area contributed by atoms with E-state index in [0.29, 0.717) is 19.6 Å². The Bertz CT molecular complexity index is 186. The molecule has 0 aliphatic heterocycles. The SMILES string of the molecule is CCCCCCOCCCC(=O)OCCCCBr. The van der Waals surface area contributed by atoms with Gasteiger partial charge in [0, 0.05) is 25.0 Å². The zero-order chi connectivity index (χ0) is 13.5. The van der Waals surface area contributed by atoms with Crippen molar-refractivity contribution in [2.24, 2.45) is 0 Å². The highest BCUT2D eigenvalue weighted by Gasteiger charge is 2.02. The third-order valence-electron chi connectivity index (χ3n) is 2.60. The van der Waals surface area contributed by atoms with Crippen LogP contribution in [-0.4, -0.2) is 31.1 Å². The van der Waals surface area contributed by atoms with Crippen molar-refractivity contribution in [3.05, 3.63) is 0 Å². The molecule has 18 heavy (non-hydrogen) atoms. The third-order valence-corrected chi connectivity index (χ3v) is 3.16. The van der Waals surface area contributed by atoms with Crippen molar-refractivity contribution in [2.75, 3.05) is 25.2 Å². The minimum Gasteiger partial charge on any atom is -0.466 e. The van der Waals surface area contributed by atoms with Crippen LogP contribution >= 0.6 is 15.9 Å². The molecule has 0 aliphatic rings. The average Bonchev–Trinajstić information content (AvgIpc) is 2.38. The van der Waals surface area contributed by atoms with E-state index in [9.17, 15) is 4.79 Å². The van der Waals surface area contributed by atoms with E-state index in [2.05, 4.69) is 22.9 Å². The summed E-state index contributed by atoms with van der Waals surface area (Å²) < 4.78 is 10.5. The van der Waals surface area contributed by atoms with E-state index in [1.165, 1.54) is 19.3 Å². The first kappa shape index (κ1) is 17.9. The van der Waals surface area contributed by atoms with Gasteiger partial charge in [-0.3, -0.25) is 4.79 Å². The molecule has 0 bridgehead atoms. The molecule has 0 aromatic heterocycles. The van der Waals surface area contributed by atoms with Crippen molar-refractivity contribution >= 4 is 21.9 Å². The van der Waals surface area contributed by atoms with Crippen molar-refractivity contribution in [2.45, 2.75) is 58.3 Å². The van der Waals surface area contributed by atoms with Crippen molar-refractivity contribution in [1.82, 2.24) is 0 Å². The molecule has 0 aromatic rings. The van der Waals surface area contributed by atoms with Gasteiger partial charge in [0.05, 0.1) is 6.61 Å². The number of ether oxygens (including phenoxy) is 2. The standard InChI is InChI=1S/C14H27BrO3/c1-2-3-4-6-11-17-12-8-9-14(16)18-13-7-5-10-15/h2-13H2,1H3. The Morgan fingerprint density at radius 1 is 0.944 bits per heavy atom. The lowest BCUT2D eigenvalue weighted by molar-refractivity contribution is -0.144. The summed E-state index contributed by atoms with van der Waals surface area (Å²) in [7, 11) is 0. The highest BCUT2D eigenvalue weighted by Crippen LogP contribution is 2.01. The number of carbonyl (C=O) groups is 1. The Balaban J connectivity index is 3.10. The average molecular weight is 323 g/mol. The second-order valence-corrected chi connectivity index (χ2v) is 5.19. The Hall–Kier alpha value is -0.0900. The summed E-state index contributed by atoms with van der Waals surface area (Å²) in [6.45, 7) is 4.23. The fourth-order valence-corrected chi connectivity index (χ4v) is 1.90. The Labute approximate surface area is 120 Å². The van der Waals surface area contributed by atoms with E-state index in [1.807, 2.05) is 0 Å². The van der Waals surface area contributed by atoms with Gasteiger partial charge in [-0.1, -0.05) is 42.1 Å². The molecule has 0 unspecified atom stereocenters. The topological polar surface area (TPSA) is 35.5 Å². The molecule has 0 aromatic carbocycles. The lowest BCUT2D eigenvalue weighted by atomic mass is 10.2. The molecule has 0 fully saturated rings. The van der Waals surface area contributed by atoms with Crippen LogP contribution in [-0.2, 0) is 14.3 Å². The molecule has 0 N–H and O–H groups in total. The lowest BCUT2D eigenvalue weighted by Crippen LogP contribution is -2.07. The van der Waals surface area contributed by atoms with Crippen LogP contribution in [0.1, 0.15) is 58.3 Å². The zero-order valence-electron chi connectivity index (χ0n) is 11.6. The largest absolute Gasteiger partial charge is 0.466 e. The molecule has 4 heteroatoms. The molecule has 0 aliphatic carbocycles. The van der Waals surface area contributed by atoms with Crippen molar-refractivity contribution < 1.29 is 14.3 Å². The first-order valence-corrected chi connectivity index (χ1v) is 8.22. The number of unbranched alkanes of at least 4 members (excludes halogenated alkanes) is 4. The number of hydrogen-bond donors (Lipinski definition) is 0. The molecule has 0 saturated heterocycles. The number of esters is 1. The minimum absolute atomic E-state index is 0.0980. The summed E-state index contributed by atoms with van der Waals surface area (Å²) in [5, 5.41) is 0.969. The van der Waals surface area contributed by atoms with Crippen LogP contribution in [0, 0.1) is 0 Å². The monoisotopic (exact) mass is 322 g/mol. The van der Waals surface area contributed by atoms with Gasteiger partial charge in [-0.15, -0.1) is 0 Å². The van der Waals surface area contributed by atoms with E-state index >= 15 is 0 Å². The summed E-state index contributed by atoms with van der Waals surface area (Å²) in [6, 6.07) is 0. The van der Waals surface area contributed by atoms with Crippen LogP contribution < -0.4 is 0 Å². The van der Waals surface area contributed by atoms with Gasteiger partial charge < -0.3 is 9.47 Å². The molecule has 3 nitrogen and oxygen atoms in total. The summed E-state index contributed by atoms with van der Waals surface area (Å²) in [4.78, 5) is 11.3. The number of carbonyl (C=O) groups excluding carboxylic acids is 1. The molecule has 0 spiro atoms. The van der Waals surface area contributed by atoms with Crippen LogP contribution in [0.25, 0.3) is 0 Å². The molecule has 0 atom stereocenters. The smallest absolute Gasteiger partial charge is 0.305 e. The molecule has 0 saturated carbocycles. The summed E-state index contributed by atoms with van der Waals surface area (Å²) in [6.07, 6.45) is 8.13. The van der Waals surface area contributed by atoms with Crippen LogP contribution in [0.2, 0.25) is 0 Å². The minimum atomic E-state index is -0.0980. The summed E-state index contributed by atoms with van der Waals surface area (Å²) >= 11 is 3.34. The number of hydrogen-bond acceptors (Lipinski definition) is 3. The number of halogens is 1. The quantitative estimate of drug-likeness (QED) is 0.291. The van der Waals surface area contributed by atoms with Crippen LogP contribution in [0.5, 0.6) is 0 Å². The highest BCUT2D eigenvalue weighted by molar-refractivity contribution is 9.09. The van der Waals surface area contributed by atoms with E-state index in [-0.39, 0.29) is 5.97 Å². The van der Waals surface area contributed by atoms with Crippen molar-refractivity contribution in [3.8, 4) is 0 Å². The molecular formula is C14H27BrO3. The molecular weight excluding hydrogens is 296 g/mol. The summed E-state index contributed by atoms with van der Waals surface area (Å²) in [5.41, 5.74) is 0. The second kappa shape index (κ2) is 15.0. The van der Waals surface area contributed by atoms with Crippen LogP contribution in [0.4, 0.5) is 0 Å². The second-order valence-electron chi connectivity index (χ2n) is 4.39. The molecule has 108 valence electrons. The Kier molecular flexibility index (Phi) is 14.9. The van der Waals surface area contributed by atoms with Gasteiger partial charge >= 0.3 is 5.97 Å². The molecule has 0 rings (SSSR count). The first-order valence-electron chi connectivity index (χ1n) is 7.10. The maximum absolute atomic E-state index is 11.3. The van der Waals surface area contributed by atoms with Crippen LogP contribution in [0.3, 0.4) is 0 Å². The van der Waals surface area contributed by atoms with Gasteiger partial charge in [-0.05, 0) is 25.7 Å². The maximum Gasteiger partial charge on any atom is 0.305 e.